The Morgan fingerprint density at radius 3 is 2.43 bits per heavy atom. The predicted molar refractivity (Wildman–Crippen MR) is 78.8 cm³/mol. The van der Waals surface area contributed by atoms with Crippen molar-refractivity contribution in [3.05, 3.63) is 65.2 Å². The average molecular weight is 284 g/mol. The highest BCUT2D eigenvalue weighted by Crippen LogP contribution is 2.16. The van der Waals surface area contributed by atoms with E-state index in [4.69, 9.17) is 4.74 Å². The van der Waals surface area contributed by atoms with Crippen LogP contribution in [0.2, 0.25) is 0 Å². The molecule has 0 bridgehead atoms. The van der Waals surface area contributed by atoms with Gasteiger partial charge in [0.15, 0.2) is 12.4 Å². The van der Waals surface area contributed by atoms with E-state index in [0.717, 1.165) is 5.56 Å². The van der Waals surface area contributed by atoms with Crippen molar-refractivity contribution in [2.45, 2.75) is 6.92 Å². The second-order valence-electron chi connectivity index (χ2n) is 4.55. The first kappa shape index (κ1) is 14.8. The lowest BCUT2D eigenvalue weighted by atomic mass is 10.1. The minimum absolute atomic E-state index is 0.0739. The summed E-state index contributed by atoms with van der Waals surface area (Å²) in [6, 6.07) is 13.9. The lowest BCUT2D eigenvalue weighted by Crippen LogP contribution is -2.13. The SMILES string of the molecule is COC(=O)c1cccc(C(=O)COc2ccccc2C)c1. The van der Waals surface area contributed by atoms with Gasteiger partial charge >= 0.3 is 5.97 Å². The van der Waals surface area contributed by atoms with Crippen LogP contribution in [0.1, 0.15) is 26.3 Å². The van der Waals surface area contributed by atoms with E-state index in [1.807, 2.05) is 31.2 Å². The van der Waals surface area contributed by atoms with Crippen LogP contribution in [0.3, 0.4) is 0 Å². The fourth-order valence-electron chi connectivity index (χ4n) is 1.88. The number of aryl methyl sites for hydroxylation is 1. The molecule has 0 saturated heterocycles. The maximum atomic E-state index is 12.1. The first-order valence-electron chi connectivity index (χ1n) is 6.52. The molecule has 0 radical (unpaired) electrons. The second kappa shape index (κ2) is 6.70. The van der Waals surface area contributed by atoms with Gasteiger partial charge in [-0.3, -0.25) is 4.79 Å². The molecule has 4 heteroatoms. The first-order chi connectivity index (χ1) is 10.1. The Kier molecular flexibility index (Phi) is 4.72. The molecule has 2 aromatic carbocycles. The topological polar surface area (TPSA) is 52.6 Å². The predicted octanol–water partition coefficient (Wildman–Crippen LogP) is 3.04. The fraction of sp³-hybridized carbons (Fsp3) is 0.176. The van der Waals surface area contributed by atoms with Crippen LogP contribution >= 0.6 is 0 Å². The molecule has 21 heavy (non-hydrogen) atoms. The molecule has 0 aromatic heterocycles. The molecule has 0 atom stereocenters. The molecule has 0 fully saturated rings. The monoisotopic (exact) mass is 284 g/mol. The van der Waals surface area contributed by atoms with Crippen LogP contribution in [0.4, 0.5) is 0 Å². The molecular weight excluding hydrogens is 268 g/mol. The summed E-state index contributed by atoms with van der Waals surface area (Å²) in [6.07, 6.45) is 0. The van der Waals surface area contributed by atoms with Crippen molar-refractivity contribution in [2.75, 3.05) is 13.7 Å². The van der Waals surface area contributed by atoms with E-state index in [2.05, 4.69) is 4.74 Å². The quantitative estimate of drug-likeness (QED) is 0.625. The summed E-state index contributed by atoms with van der Waals surface area (Å²) >= 11 is 0. The summed E-state index contributed by atoms with van der Waals surface area (Å²) in [5.41, 5.74) is 1.74. The van der Waals surface area contributed by atoms with Crippen molar-refractivity contribution in [2.24, 2.45) is 0 Å². The van der Waals surface area contributed by atoms with Gasteiger partial charge in [-0.05, 0) is 30.7 Å². The molecule has 2 rings (SSSR count). The van der Waals surface area contributed by atoms with E-state index in [1.54, 1.807) is 18.2 Å². The molecule has 0 unspecified atom stereocenters. The minimum Gasteiger partial charge on any atom is -0.485 e. The average Bonchev–Trinajstić information content (AvgIpc) is 2.53. The molecule has 0 heterocycles. The number of benzene rings is 2. The maximum absolute atomic E-state index is 12.1. The fourth-order valence-corrected chi connectivity index (χ4v) is 1.88. The molecule has 0 aliphatic carbocycles. The normalized spacial score (nSPS) is 10.0. The largest absolute Gasteiger partial charge is 0.485 e. The van der Waals surface area contributed by atoms with E-state index >= 15 is 0 Å². The summed E-state index contributed by atoms with van der Waals surface area (Å²) in [4.78, 5) is 23.6. The number of carbonyl (C=O) groups excluding carboxylic acids is 2. The third-order valence-corrected chi connectivity index (χ3v) is 3.06. The third kappa shape index (κ3) is 3.69. The Labute approximate surface area is 123 Å². The summed E-state index contributed by atoms with van der Waals surface area (Å²) < 4.78 is 10.1. The first-order valence-corrected chi connectivity index (χ1v) is 6.52. The number of esters is 1. The number of ketones is 1. The van der Waals surface area contributed by atoms with Gasteiger partial charge in [0, 0.05) is 5.56 Å². The van der Waals surface area contributed by atoms with Crippen molar-refractivity contribution < 1.29 is 19.1 Å². The van der Waals surface area contributed by atoms with Crippen molar-refractivity contribution >= 4 is 11.8 Å². The summed E-state index contributed by atoms with van der Waals surface area (Å²) in [6.45, 7) is 1.84. The van der Waals surface area contributed by atoms with Crippen LogP contribution in [0, 0.1) is 6.92 Å². The zero-order valence-corrected chi connectivity index (χ0v) is 12.0. The van der Waals surface area contributed by atoms with Crippen LogP contribution in [-0.2, 0) is 4.74 Å². The van der Waals surface area contributed by atoms with Crippen LogP contribution in [0.15, 0.2) is 48.5 Å². The minimum atomic E-state index is -0.468. The number of carbonyl (C=O) groups is 2. The molecular formula is C17H16O4. The Balaban J connectivity index is 2.07. The van der Waals surface area contributed by atoms with Gasteiger partial charge in [-0.15, -0.1) is 0 Å². The van der Waals surface area contributed by atoms with Crippen molar-refractivity contribution in [1.29, 1.82) is 0 Å². The lowest BCUT2D eigenvalue weighted by molar-refractivity contribution is 0.0600. The number of Topliss-reactive ketones (excluding diaryl/α,β-unsaturated/α-hetero) is 1. The number of hydrogen-bond donors (Lipinski definition) is 0. The van der Waals surface area contributed by atoms with E-state index < -0.39 is 5.97 Å². The van der Waals surface area contributed by atoms with Crippen LogP contribution in [0.25, 0.3) is 0 Å². The van der Waals surface area contributed by atoms with E-state index in [0.29, 0.717) is 16.9 Å². The highest BCUT2D eigenvalue weighted by molar-refractivity contribution is 6.00. The Bertz CT molecular complexity index is 661. The van der Waals surface area contributed by atoms with Gasteiger partial charge in [0.2, 0.25) is 0 Å². The van der Waals surface area contributed by atoms with Crippen LogP contribution in [0.5, 0.6) is 5.75 Å². The molecule has 0 aliphatic heterocycles. The molecule has 0 aliphatic rings. The van der Waals surface area contributed by atoms with Crippen LogP contribution in [-0.4, -0.2) is 25.5 Å². The van der Waals surface area contributed by atoms with Crippen molar-refractivity contribution in [3.63, 3.8) is 0 Å². The Morgan fingerprint density at radius 1 is 1.00 bits per heavy atom. The number of hydrogen-bond acceptors (Lipinski definition) is 4. The van der Waals surface area contributed by atoms with Gasteiger partial charge < -0.3 is 9.47 Å². The second-order valence-corrected chi connectivity index (χ2v) is 4.55. The summed E-state index contributed by atoms with van der Waals surface area (Å²) in [5.74, 6) is 0.0171. The van der Waals surface area contributed by atoms with Gasteiger partial charge in [-0.2, -0.15) is 0 Å². The smallest absolute Gasteiger partial charge is 0.337 e. The van der Waals surface area contributed by atoms with Gasteiger partial charge in [0.05, 0.1) is 12.7 Å². The van der Waals surface area contributed by atoms with Gasteiger partial charge in [-0.25, -0.2) is 4.79 Å². The van der Waals surface area contributed by atoms with Crippen molar-refractivity contribution in [3.8, 4) is 5.75 Å². The highest BCUT2D eigenvalue weighted by atomic mass is 16.5. The summed E-state index contributed by atoms with van der Waals surface area (Å²) in [7, 11) is 1.30. The number of para-hydroxylation sites is 1. The van der Waals surface area contributed by atoms with Gasteiger partial charge in [0.1, 0.15) is 5.75 Å². The summed E-state index contributed by atoms with van der Waals surface area (Å²) in [5, 5.41) is 0. The molecule has 0 spiro atoms. The molecule has 2 aromatic rings. The van der Waals surface area contributed by atoms with E-state index in [1.165, 1.54) is 13.2 Å². The van der Waals surface area contributed by atoms with Crippen LogP contribution < -0.4 is 4.74 Å². The highest BCUT2D eigenvalue weighted by Gasteiger charge is 2.11. The number of rotatable bonds is 5. The van der Waals surface area contributed by atoms with E-state index in [9.17, 15) is 9.59 Å². The zero-order chi connectivity index (χ0) is 15.2. The third-order valence-electron chi connectivity index (χ3n) is 3.06. The van der Waals surface area contributed by atoms with Gasteiger partial charge in [0.25, 0.3) is 0 Å². The van der Waals surface area contributed by atoms with Gasteiger partial charge in [-0.1, -0.05) is 30.3 Å². The Hall–Kier alpha value is -2.62. The lowest BCUT2D eigenvalue weighted by Gasteiger charge is -2.08. The number of methoxy groups -OCH3 is 1. The standard InChI is InChI=1S/C17H16O4/c1-12-6-3-4-9-16(12)21-11-15(18)13-7-5-8-14(10-13)17(19)20-2/h3-10H,11H2,1-2H3. The van der Waals surface area contributed by atoms with Crippen molar-refractivity contribution in [1.82, 2.24) is 0 Å². The Morgan fingerprint density at radius 2 is 1.71 bits per heavy atom. The van der Waals surface area contributed by atoms with E-state index in [-0.39, 0.29) is 12.4 Å². The molecule has 108 valence electrons. The number of ether oxygens (including phenoxy) is 2. The zero-order valence-electron chi connectivity index (χ0n) is 12.0. The molecule has 4 nitrogen and oxygen atoms in total. The molecule has 0 N–H and O–H groups in total. The maximum Gasteiger partial charge on any atom is 0.337 e. The molecule has 0 saturated carbocycles. The molecule has 0 amide bonds.